The smallest absolute Gasteiger partial charge is 0.262 e. The predicted molar refractivity (Wildman–Crippen MR) is 86.1 cm³/mol. The number of Topliss-reactive ketones (excluding diaryl/α,β-unsaturated/α-hetero) is 1. The fourth-order valence-corrected chi connectivity index (χ4v) is 2.75. The highest BCUT2D eigenvalue weighted by atomic mass is 32.2. The first kappa shape index (κ1) is 15.5. The second kappa shape index (κ2) is 6.41. The second-order valence-electron chi connectivity index (χ2n) is 5.42. The molecule has 8 heteroatoms. The average molecular weight is 332 g/mol. The molecule has 23 heavy (non-hydrogen) atoms. The van der Waals surface area contributed by atoms with Crippen LogP contribution in [0.4, 0.5) is 5.69 Å². The van der Waals surface area contributed by atoms with Crippen LogP contribution < -0.4 is 10.1 Å². The Kier molecular flexibility index (Phi) is 4.33. The summed E-state index contributed by atoms with van der Waals surface area (Å²) in [5, 5.41) is 10.2. The topological polar surface area (TPSA) is 97.0 Å². The minimum absolute atomic E-state index is 0.000836. The number of hydrogen-bond donors (Lipinski definition) is 2. The standard InChI is InChI=1S/C15H16N4O3S/c1-8(2)14-17-15(19-18-14)23-7-11(20)9-3-4-12-10(5-9)16-13(21)6-22-12/h3-5,8H,6-7H2,1-2H3,(H,16,21)(H,17,18,19). The number of nitrogens with one attached hydrogen (secondary N) is 2. The molecule has 2 N–H and O–H groups in total. The molecule has 1 aromatic heterocycles. The van der Waals surface area contributed by atoms with Gasteiger partial charge in [0.05, 0.1) is 11.4 Å². The maximum atomic E-state index is 12.3. The molecule has 0 bridgehead atoms. The van der Waals surface area contributed by atoms with Crippen molar-refractivity contribution in [3.63, 3.8) is 0 Å². The summed E-state index contributed by atoms with van der Waals surface area (Å²) in [5.41, 5.74) is 1.04. The molecule has 120 valence electrons. The summed E-state index contributed by atoms with van der Waals surface area (Å²) in [6, 6.07) is 5.01. The molecule has 7 nitrogen and oxygen atoms in total. The van der Waals surface area contributed by atoms with Gasteiger partial charge >= 0.3 is 0 Å². The molecule has 0 fully saturated rings. The minimum atomic E-state index is -0.224. The van der Waals surface area contributed by atoms with Crippen LogP contribution in [0.5, 0.6) is 5.75 Å². The largest absolute Gasteiger partial charge is 0.482 e. The number of aromatic amines is 1. The van der Waals surface area contributed by atoms with Gasteiger partial charge in [0, 0.05) is 11.5 Å². The number of carbonyl (C=O) groups excluding carboxylic acids is 2. The molecule has 3 rings (SSSR count). The number of aromatic nitrogens is 3. The van der Waals surface area contributed by atoms with Crippen molar-refractivity contribution in [2.24, 2.45) is 0 Å². The van der Waals surface area contributed by atoms with Crippen LogP contribution in [-0.2, 0) is 4.79 Å². The molecule has 1 aromatic carbocycles. The van der Waals surface area contributed by atoms with Crippen molar-refractivity contribution in [3.05, 3.63) is 29.6 Å². The molecule has 1 aliphatic rings. The Morgan fingerprint density at radius 2 is 2.26 bits per heavy atom. The number of carbonyl (C=O) groups is 2. The number of amides is 1. The van der Waals surface area contributed by atoms with E-state index >= 15 is 0 Å². The average Bonchev–Trinajstić information content (AvgIpc) is 3.01. The number of benzene rings is 1. The molecule has 0 aliphatic carbocycles. The molecule has 0 saturated carbocycles. The summed E-state index contributed by atoms with van der Waals surface area (Å²) in [6.07, 6.45) is 0. The molecule has 0 spiro atoms. The van der Waals surface area contributed by atoms with E-state index in [-0.39, 0.29) is 30.0 Å². The Labute approximate surface area is 137 Å². The van der Waals surface area contributed by atoms with Crippen molar-refractivity contribution in [2.45, 2.75) is 24.9 Å². The molecule has 1 amide bonds. The zero-order valence-corrected chi connectivity index (χ0v) is 13.6. The van der Waals surface area contributed by atoms with Crippen molar-refractivity contribution < 1.29 is 14.3 Å². The zero-order valence-electron chi connectivity index (χ0n) is 12.8. The van der Waals surface area contributed by atoms with Crippen LogP contribution in [0, 0.1) is 0 Å². The lowest BCUT2D eigenvalue weighted by atomic mass is 10.1. The maximum Gasteiger partial charge on any atom is 0.262 e. The Hall–Kier alpha value is -2.35. The van der Waals surface area contributed by atoms with Crippen LogP contribution in [0.1, 0.15) is 35.9 Å². The van der Waals surface area contributed by atoms with Crippen LogP contribution in [0.25, 0.3) is 0 Å². The summed E-state index contributed by atoms with van der Waals surface area (Å²) < 4.78 is 5.27. The van der Waals surface area contributed by atoms with Gasteiger partial charge in [0.15, 0.2) is 12.4 Å². The highest BCUT2D eigenvalue weighted by Crippen LogP contribution is 2.29. The van der Waals surface area contributed by atoms with Gasteiger partial charge in [-0.2, -0.15) is 0 Å². The molecular weight excluding hydrogens is 316 g/mol. The third-order valence-electron chi connectivity index (χ3n) is 3.30. The number of hydrogen-bond acceptors (Lipinski definition) is 6. The van der Waals surface area contributed by atoms with Crippen LogP contribution in [0.3, 0.4) is 0 Å². The number of fused-ring (bicyclic) bond motifs is 1. The number of thioether (sulfide) groups is 1. The van der Waals surface area contributed by atoms with Crippen molar-refractivity contribution in [1.29, 1.82) is 0 Å². The highest BCUT2D eigenvalue weighted by Gasteiger charge is 2.18. The van der Waals surface area contributed by atoms with E-state index in [1.807, 2.05) is 13.8 Å². The van der Waals surface area contributed by atoms with E-state index in [9.17, 15) is 9.59 Å². The molecule has 0 radical (unpaired) electrons. The summed E-state index contributed by atoms with van der Waals surface area (Å²) in [5.74, 6) is 1.57. The summed E-state index contributed by atoms with van der Waals surface area (Å²) in [4.78, 5) is 27.9. The number of ether oxygens (including phenoxy) is 1. The van der Waals surface area contributed by atoms with Crippen molar-refractivity contribution in [3.8, 4) is 5.75 Å². The highest BCUT2D eigenvalue weighted by molar-refractivity contribution is 7.99. The Morgan fingerprint density at radius 1 is 1.43 bits per heavy atom. The first-order valence-electron chi connectivity index (χ1n) is 7.18. The van der Waals surface area contributed by atoms with E-state index in [2.05, 4.69) is 20.5 Å². The van der Waals surface area contributed by atoms with Gasteiger partial charge in [-0.25, -0.2) is 4.98 Å². The van der Waals surface area contributed by atoms with Crippen LogP contribution >= 0.6 is 11.8 Å². The van der Waals surface area contributed by atoms with E-state index in [0.717, 1.165) is 5.82 Å². The second-order valence-corrected chi connectivity index (χ2v) is 6.36. The molecule has 1 aliphatic heterocycles. The third-order valence-corrected chi connectivity index (χ3v) is 4.14. The first-order chi connectivity index (χ1) is 11.0. The van der Waals surface area contributed by atoms with Gasteiger partial charge in [0.2, 0.25) is 5.16 Å². The molecule has 2 aromatic rings. The zero-order chi connectivity index (χ0) is 16.4. The van der Waals surface area contributed by atoms with E-state index in [0.29, 0.717) is 22.2 Å². The Morgan fingerprint density at radius 3 is 3.00 bits per heavy atom. The molecule has 0 atom stereocenters. The van der Waals surface area contributed by atoms with Crippen molar-refractivity contribution in [2.75, 3.05) is 17.7 Å². The van der Waals surface area contributed by atoms with Crippen molar-refractivity contribution >= 4 is 29.1 Å². The molecular formula is C15H16N4O3S. The molecule has 0 unspecified atom stereocenters. The van der Waals surface area contributed by atoms with E-state index in [1.54, 1.807) is 18.2 Å². The van der Waals surface area contributed by atoms with Gasteiger partial charge < -0.3 is 10.1 Å². The van der Waals surface area contributed by atoms with Gasteiger partial charge in [0.25, 0.3) is 5.91 Å². The fraction of sp³-hybridized carbons (Fsp3) is 0.333. The van der Waals surface area contributed by atoms with Gasteiger partial charge in [-0.3, -0.25) is 14.7 Å². The predicted octanol–water partition coefficient (Wildman–Crippen LogP) is 2.23. The summed E-state index contributed by atoms with van der Waals surface area (Å²) in [7, 11) is 0. The lowest BCUT2D eigenvalue weighted by molar-refractivity contribution is -0.118. The van der Waals surface area contributed by atoms with Gasteiger partial charge in [0.1, 0.15) is 11.6 Å². The lowest BCUT2D eigenvalue weighted by Gasteiger charge is -2.18. The van der Waals surface area contributed by atoms with Gasteiger partial charge in [-0.1, -0.05) is 25.6 Å². The number of rotatable bonds is 5. The van der Waals surface area contributed by atoms with E-state index in [4.69, 9.17) is 4.74 Å². The molecule has 0 saturated heterocycles. The Bertz CT molecular complexity index is 757. The minimum Gasteiger partial charge on any atom is -0.482 e. The number of anilines is 1. The number of ketones is 1. The normalized spacial score (nSPS) is 13.4. The van der Waals surface area contributed by atoms with Crippen LogP contribution in [0.2, 0.25) is 0 Å². The monoisotopic (exact) mass is 332 g/mol. The summed E-state index contributed by atoms with van der Waals surface area (Å²) >= 11 is 1.28. The Balaban J connectivity index is 1.66. The first-order valence-corrected chi connectivity index (χ1v) is 8.16. The van der Waals surface area contributed by atoms with E-state index < -0.39 is 0 Å². The third kappa shape index (κ3) is 3.53. The van der Waals surface area contributed by atoms with Crippen LogP contribution in [-0.4, -0.2) is 39.2 Å². The maximum absolute atomic E-state index is 12.3. The van der Waals surface area contributed by atoms with Crippen molar-refractivity contribution in [1.82, 2.24) is 15.2 Å². The number of nitrogens with zero attached hydrogens (tertiary/aromatic N) is 2. The fourth-order valence-electron chi connectivity index (χ4n) is 2.05. The number of H-pyrrole nitrogens is 1. The van der Waals surface area contributed by atoms with Gasteiger partial charge in [-0.05, 0) is 18.2 Å². The van der Waals surface area contributed by atoms with E-state index in [1.165, 1.54) is 11.8 Å². The van der Waals surface area contributed by atoms with Gasteiger partial charge in [-0.15, -0.1) is 5.10 Å². The SMILES string of the molecule is CC(C)c1nc(SCC(=O)c2ccc3c(c2)NC(=O)CO3)n[nH]1. The summed E-state index contributed by atoms with van der Waals surface area (Å²) in [6.45, 7) is 4.03. The lowest BCUT2D eigenvalue weighted by Crippen LogP contribution is -2.25. The molecule has 2 heterocycles. The quantitative estimate of drug-likeness (QED) is 0.644. The van der Waals surface area contributed by atoms with Crippen LogP contribution in [0.15, 0.2) is 23.4 Å².